The van der Waals surface area contributed by atoms with Crippen LogP contribution in [0.4, 0.5) is 11.4 Å². The standard InChI is InChI=1S/C27H33N3O3/c1-2-27(31)33-21-11-9-7-5-3-4-6-8-10-20-32-26-18-16-25(17-19-26)30-29-24-14-12-23(22-28)13-15-24/h2,12-19H,1,3-11,20-21H2. The van der Waals surface area contributed by atoms with Gasteiger partial charge in [-0.2, -0.15) is 15.5 Å². The van der Waals surface area contributed by atoms with E-state index in [0.717, 1.165) is 37.3 Å². The van der Waals surface area contributed by atoms with Crippen LogP contribution in [-0.4, -0.2) is 19.2 Å². The van der Waals surface area contributed by atoms with E-state index in [4.69, 9.17) is 14.7 Å². The van der Waals surface area contributed by atoms with Gasteiger partial charge in [-0.25, -0.2) is 4.79 Å². The van der Waals surface area contributed by atoms with Gasteiger partial charge in [-0.15, -0.1) is 0 Å². The van der Waals surface area contributed by atoms with Crippen LogP contribution in [-0.2, 0) is 9.53 Å². The van der Waals surface area contributed by atoms with Crippen molar-refractivity contribution < 1.29 is 14.3 Å². The number of unbranched alkanes of at least 4 members (excludes halogenated alkanes) is 8. The smallest absolute Gasteiger partial charge is 0.330 e. The second-order valence-corrected chi connectivity index (χ2v) is 7.75. The minimum absolute atomic E-state index is 0.335. The average Bonchev–Trinajstić information content (AvgIpc) is 2.86. The molecule has 174 valence electrons. The molecule has 0 radical (unpaired) electrons. The molecular weight excluding hydrogens is 414 g/mol. The lowest BCUT2D eigenvalue weighted by Crippen LogP contribution is -2.01. The molecule has 0 aromatic heterocycles. The first kappa shape index (κ1) is 25.8. The van der Waals surface area contributed by atoms with Gasteiger partial charge in [0.2, 0.25) is 0 Å². The third kappa shape index (κ3) is 11.6. The highest BCUT2D eigenvalue weighted by Gasteiger charge is 1.98. The summed E-state index contributed by atoms with van der Waals surface area (Å²) in [5, 5.41) is 17.2. The summed E-state index contributed by atoms with van der Waals surface area (Å²) in [6, 6.07) is 16.6. The highest BCUT2D eigenvalue weighted by atomic mass is 16.5. The maximum absolute atomic E-state index is 10.9. The van der Waals surface area contributed by atoms with Gasteiger partial charge in [0.1, 0.15) is 5.75 Å². The van der Waals surface area contributed by atoms with Crippen molar-refractivity contribution in [2.45, 2.75) is 57.8 Å². The van der Waals surface area contributed by atoms with Crippen molar-refractivity contribution >= 4 is 17.3 Å². The highest BCUT2D eigenvalue weighted by Crippen LogP contribution is 2.22. The van der Waals surface area contributed by atoms with E-state index < -0.39 is 0 Å². The van der Waals surface area contributed by atoms with Gasteiger partial charge in [-0.3, -0.25) is 0 Å². The molecule has 33 heavy (non-hydrogen) atoms. The fourth-order valence-electron chi connectivity index (χ4n) is 3.19. The molecule has 0 N–H and O–H groups in total. The van der Waals surface area contributed by atoms with Crippen LogP contribution in [0.1, 0.15) is 63.4 Å². The molecule has 2 aromatic carbocycles. The normalized spacial score (nSPS) is 10.6. The minimum Gasteiger partial charge on any atom is -0.494 e. The van der Waals surface area contributed by atoms with Gasteiger partial charge < -0.3 is 9.47 Å². The zero-order valence-electron chi connectivity index (χ0n) is 19.2. The number of carbonyl (C=O) groups excluding carboxylic acids is 1. The highest BCUT2D eigenvalue weighted by molar-refractivity contribution is 5.81. The van der Waals surface area contributed by atoms with E-state index in [-0.39, 0.29) is 5.97 Å². The maximum atomic E-state index is 10.9. The van der Waals surface area contributed by atoms with Crippen LogP contribution >= 0.6 is 0 Å². The molecule has 0 aliphatic rings. The number of carbonyl (C=O) groups is 1. The molecule has 0 unspecified atom stereocenters. The van der Waals surface area contributed by atoms with E-state index >= 15 is 0 Å². The summed E-state index contributed by atoms with van der Waals surface area (Å²) in [6.07, 6.45) is 11.6. The Labute approximate surface area is 197 Å². The van der Waals surface area contributed by atoms with Gasteiger partial charge in [-0.1, -0.05) is 51.5 Å². The quantitative estimate of drug-likeness (QED) is 0.115. The lowest BCUT2D eigenvalue weighted by molar-refractivity contribution is -0.137. The van der Waals surface area contributed by atoms with Gasteiger partial charge in [0.15, 0.2) is 0 Å². The van der Waals surface area contributed by atoms with Crippen LogP contribution in [0, 0.1) is 11.3 Å². The molecule has 0 saturated heterocycles. The summed E-state index contributed by atoms with van der Waals surface area (Å²) in [4.78, 5) is 10.9. The number of nitriles is 1. The number of azo groups is 1. The number of hydrogen-bond acceptors (Lipinski definition) is 6. The number of benzene rings is 2. The van der Waals surface area contributed by atoms with Crippen LogP contribution < -0.4 is 4.74 Å². The molecule has 0 saturated carbocycles. The molecule has 0 bridgehead atoms. The Morgan fingerprint density at radius 2 is 1.27 bits per heavy atom. The molecule has 0 atom stereocenters. The Morgan fingerprint density at radius 1 is 0.788 bits per heavy atom. The van der Waals surface area contributed by atoms with Gasteiger partial charge in [0.25, 0.3) is 0 Å². The fraction of sp³-hybridized carbons (Fsp3) is 0.407. The molecule has 6 nitrogen and oxygen atoms in total. The third-order valence-corrected chi connectivity index (χ3v) is 5.08. The minimum atomic E-state index is -0.335. The van der Waals surface area contributed by atoms with Gasteiger partial charge in [0.05, 0.1) is 36.2 Å². The first-order valence-corrected chi connectivity index (χ1v) is 11.7. The molecule has 0 aliphatic heterocycles. The Kier molecular flexibility index (Phi) is 12.7. The number of hydrogen-bond donors (Lipinski definition) is 0. The second kappa shape index (κ2) is 16.2. The van der Waals surface area contributed by atoms with Crippen LogP contribution in [0.25, 0.3) is 0 Å². The van der Waals surface area contributed by atoms with Gasteiger partial charge >= 0.3 is 5.97 Å². The Bertz CT molecular complexity index is 900. The molecule has 6 heteroatoms. The van der Waals surface area contributed by atoms with Crippen LogP contribution in [0.3, 0.4) is 0 Å². The molecule has 2 aromatic rings. The van der Waals surface area contributed by atoms with E-state index in [2.05, 4.69) is 22.9 Å². The van der Waals surface area contributed by atoms with Crippen LogP contribution in [0.15, 0.2) is 71.4 Å². The van der Waals surface area contributed by atoms with Gasteiger partial charge in [-0.05, 0) is 61.4 Å². The number of rotatable bonds is 16. The average molecular weight is 448 g/mol. The molecule has 0 amide bonds. The van der Waals surface area contributed by atoms with E-state index in [1.165, 1.54) is 44.6 Å². The molecule has 0 heterocycles. The fourth-order valence-corrected chi connectivity index (χ4v) is 3.19. The number of ether oxygens (including phenoxy) is 2. The van der Waals surface area contributed by atoms with E-state index in [1.807, 2.05) is 24.3 Å². The lowest BCUT2D eigenvalue weighted by Gasteiger charge is -2.06. The monoisotopic (exact) mass is 447 g/mol. The zero-order valence-corrected chi connectivity index (χ0v) is 19.2. The molecule has 0 fully saturated rings. The summed E-state index contributed by atoms with van der Waals surface area (Å²) < 4.78 is 10.8. The van der Waals surface area contributed by atoms with Crippen LogP contribution in [0.5, 0.6) is 5.75 Å². The summed E-state index contributed by atoms with van der Waals surface area (Å²) >= 11 is 0. The van der Waals surface area contributed by atoms with Crippen molar-refractivity contribution in [2.75, 3.05) is 13.2 Å². The van der Waals surface area contributed by atoms with E-state index in [1.54, 1.807) is 24.3 Å². The molecule has 0 aliphatic carbocycles. The van der Waals surface area contributed by atoms with Crippen molar-refractivity contribution in [3.05, 3.63) is 66.7 Å². The van der Waals surface area contributed by atoms with Crippen LogP contribution in [0.2, 0.25) is 0 Å². The van der Waals surface area contributed by atoms with Gasteiger partial charge in [0, 0.05) is 6.08 Å². The molecule has 2 rings (SSSR count). The van der Waals surface area contributed by atoms with Crippen molar-refractivity contribution in [1.82, 2.24) is 0 Å². The van der Waals surface area contributed by atoms with Crippen molar-refractivity contribution in [3.63, 3.8) is 0 Å². The summed E-state index contributed by atoms with van der Waals surface area (Å²) in [7, 11) is 0. The molecular formula is C27H33N3O3. The predicted molar refractivity (Wildman–Crippen MR) is 130 cm³/mol. The summed E-state index contributed by atoms with van der Waals surface area (Å²) in [5.41, 5.74) is 2.07. The number of esters is 1. The largest absolute Gasteiger partial charge is 0.494 e. The third-order valence-electron chi connectivity index (χ3n) is 5.08. The molecule has 0 spiro atoms. The SMILES string of the molecule is C=CC(=O)OCCCCCCCCCCCOc1ccc(N=Nc2ccc(C#N)cc2)cc1. The van der Waals surface area contributed by atoms with Crippen molar-refractivity contribution in [1.29, 1.82) is 5.26 Å². The van der Waals surface area contributed by atoms with E-state index in [0.29, 0.717) is 17.9 Å². The predicted octanol–water partition coefficient (Wildman–Crippen LogP) is 7.59. The topological polar surface area (TPSA) is 84.0 Å². The summed E-state index contributed by atoms with van der Waals surface area (Å²) in [6.45, 7) is 4.59. The Morgan fingerprint density at radius 3 is 1.79 bits per heavy atom. The zero-order chi connectivity index (χ0) is 23.6. The van der Waals surface area contributed by atoms with Crippen molar-refractivity contribution in [2.24, 2.45) is 10.2 Å². The maximum Gasteiger partial charge on any atom is 0.330 e. The van der Waals surface area contributed by atoms with E-state index in [9.17, 15) is 4.79 Å². The summed E-state index contributed by atoms with van der Waals surface area (Å²) in [5.74, 6) is 0.504. The second-order valence-electron chi connectivity index (χ2n) is 7.75. The first-order valence-electron chi connectivity index (χ1n) is 11.7. The van der Waals surface area contributed by atoms with Crippen molar-refractivity contribution in [3.8, 4) is 11.8 Å². The Balaban J connectivity index is 1.47. The lowest BCUT2D eigenvalue weighted by atomic mass is 10.1. The Hall–Kier alpha value is -3.46. The first-order chi connectivity index (χ1) is 16.2. The number of nitrogens with zero attached hydrogens (tertiary/aromatic N) is 3.